The van der Waals surface area contributed by atoms with Crippen molar-refractivity contribution in [3.63, 3.8) is 0 Å². The predicted octanol–water partition coefficient (Wildman–Crippen LogP) is -8.02. The van der Waals surface area contributed by atoms with Gasteiger partial charge >= 0.3 is 0 Å². The van der Waals surface area contributed by atoms with Gasteiger partial charge < -0.3 is 87.4 Å². The second kappa shape index (κ2) is 15.9. The summed E-state index contributed by atoms with van der Waals surface area (Å²) < 4.78 is 17.5. The Hall–Kier alpha value is -0.680. The molecule has 0 aromatic heterocycles. The van der Waals surface area contributed by atoms with Crippen molar-refractivity contribution in [2.24, 2.45) is 17.4 Å². The van der Waals surface area contributed by atoms with Gasteiger partial charge in [0.1, 0.15) is 36.6 Å². The Kier molecular flexibility index (Phi) is 13.5. The molecule has 3 rings (SSSR count). The Morgan fingerprint density at radius 3 is 2.17 bits per heavy atom. The fourth-order valence-corrected chi connectivity index (χ4v) is 5.71. The summed E-state index contributed by atoms with van der Waals surface area (Å²) in [7, 11) is 0. The van der Waals surface area contributed by atoms with Crippen LogP contribution in [0.5, 0.6) is 0 Å². The van der Waals surface area contributed by atoms with Crippen molar-refractivity contribution in [2.45, 2.75) is 104 Å². The van der Waals surface area contributed by atoms with E-state index in [0.717, 1.165) is 0 Å². The van der Waals surface area contributed by atoms with Gasteiger partial charge in [0.05, 0.1) is 49.8 Å². The van der Waals surface area contributed by atoms with Gasteiger partial charge in [0.15, 0.2) is 6.29 Å². The molecule has 0 spiro atoms. The fraction of sp³-hybridized carbons (Fsp3) is 1.00. The predicted molar refractivity (Wildman–Crippen MR) is 139 cm³/mol. The number of rotatable bonds is 13. The number of nitrogens with two attached hydrogens (primary N) is 2. The Morgan fingerprint density at radius 2 is 1.54 bits per heavy atom. The molecule has 2 saturated heterocycles. The smallest absolute Gasteiger partial charge is 0.184 e. The molecule has 41 heavy (non-hydrogen) atoms. The first kappa shape index (κ1) is 34.8. The average Bonchev–Trinajstić information content (AvgIpc) is 2.94. The van der Waals surface area contributed by atoms with Gasteiger partial charge in [-0.1, -0.05) is 0 Å². The van der Waals surface area contributed by atoms with Gasteiger partial charge in [0.25, 0.3) is 0 Å². The SMILES string of the molecule is NCC(O)CNC1CC(N)C(C2OC(CNCC(O)CO)C(O)C(O)C2O)C(O)C1OC1OC(CO)C(O)CC1O. The van der Waals surface area contributed by atoms with Gasteiger partial charge in [0, 0.05) is 50.6 Å². The Morgan fingerprint density at radius 1 is 0.829 bits per heavy atom. The first-order valence-electron chi connectivity index (χ1n) is 14.0. The van der Waals surface area contributed by atoms with E-state index in [9.17, 15) is 46.0 Å². The minimum absolute atomic E-state index is 0.0120. The second-order valence-corrected chi connectivity index (χ2v) is 11.2. The van der Waals surface area contributed by atoms with E-state index in [-0.39, 0.29) is 39.0 Å². The lowest BCUT2D eigenvalue weighted by Gasteiger charge is -2.51. The molecule has 242 valence electrons. The molecule has 16 atom stereocenters. The number of hydrogen-bond acceptors (Lipinski definition) is 17. The summed E-state index contributed by atoms with van der Waals surface area (Å²) in [5.74, 6) is -1.07. The average molecular weight is 601 g/mol. The van der Waals surface area contributed by atoms with Crippen LogP contribution >= 0.6 is 0 Å². The highest BCUT2D eigenvalue weighted by Crippen LogP contribution is 2.37. The van der Waals surface area contributed by atoms with E-state index in [1.807, 2.05) is 0 Å². The Labute approximate surface area is 237 Å². The molecule has 16 N–H and O–H groups in total. The number of ether oxygens (including phenoxy) is 3. The highest BCUT2D eigenvalue weighted by atomic mass is 16.7. The molecule has 0 bridgehead atoms. The van der Waals surface area contributed by atoms with Crippen molar-refractivity contribution in [2.75, 3.05) is 39.4 Å². The van der Waals surface area contributed by atoms with Gasteiger partial charge in [-0.05, 0) is 6.42 Å². The quantitative estimate of drug-likeness (QED) is 0.0933. The third kappa shape index (κ3) is 8.49. The van der Waals surface area contributed by atoms with E-state index in [1.165, 1.54) is 0 Å². The maximum atomic E-state index is 11.6. The number of aliphatic hydroxyl groups excluding tert-OH is 10. The summed E-state index contributed by atoms with van der Waals surface area (Å²) in [4.78, 5) is 0. The molecular weight excluding hydrogens is 552 g/mol. The molecule has 2 aliphatic heterocycles. The highest BCUT2D eigenvalue weighted by Gasteiger charge is 2.55. The summed E-state index contributed by atoms with van der Waals surface area (Å²) in [6.07, 6.45) is -16.9. The molecule has 17 heteroatoms. The van der Waals surface area contributed by atoms with Crippen LogP contribution in [0.3, 0.4) is 0 Å². The molecule has 0 radical (unpaired) electrons. The van der Waals surface area contributed by atoms with Crippen LogP contribution in [0.15, 0.2) is 0 Å². The minimum Gasteiger partial charge on any atom is -0.394 e. The number of nitrogens with one attached hydrogen (secondary N) is 2. The lowest BCUT2D eigenvalue weighted by Crippen LogP contribution is -2.70. The van der Waals surface area contributed by atoms with Crippen LogP contribution in [-0.4, -0.2) is 182 Å². The zero-order valence-corrected chi connectivity index (χ0v) is 22.7. The van der Waals surface area contributed by atoms with Crippen molar-refractivity contribution in [1.82, 2.24) is 10.6 Å². The third-order valence-electron chi connectivity index (χ3n) is 8.11. The maximum absolute atomic E-state index is 11.6. The molecule has 2 heterocycles. The van der Waals surface area contributed by atoms with Crippen molar-refractivity contribution >= 4 is 0 Å². The number of aliphatic hydroxyl groups is 10. The molecule has 1 saturated carbocycles. The van der Waals surface area contributed by atoms with E-state index >= 15 is 0 Å². The van der Waals surface area contributed by atoms with Gasteiger partial charge in [-0.2, -0.15) is 0 Å². The lowest BCUT2D eigenvalue weighted by atomic mass is 9.72. The van der Waals surface area contributed by atoms with Crippen LogP contribution in [0.2, 0.25) is 0 Å². The molecular formula is C24H48N4O13. The molecule has 0 aromatic rings. The summed E-state index contributed by atoms with van der Waals surface area (Å²) in [6, 6.07) is -1.57. The second-order valence-electron chi connectivity index (χ2n) is 11.2. The summed E-state index contributed by atoms with van der Waals surface area (Å²) in [5.41, 5.74) is 12.0. The van der Waals surface area contributed by atoms with Gasteiger partial charge in [0.2, 0.25) is 0 Å². The van der Waals surface area contributed by atoms with Crippen molar-refractivity contribution in [1.29, 1.82) is 0 Å². The normalized spacial score (nSPS) is 45.4. The van der Waals surface area contributed by atoms with Crippen molar-refractivity contribution in [3.8, 4) is 0 Å². The maximum Gasteiger partial charge on any atom is 0.184 e. The third-order valence-corrected chi connectivity index (χ3v) is 8.11. The van der Waals surface area contributed by atoms with Crippen molar-refractivity contribution in [3.05, 3.63) is 0 Å². The van der Waals surface area contributed by atoms with E-state index < -0.39 is 111 Å². The van der Waals surface area contributed by atoms with Gasteiger partial charge in [-0.3, -0.25) is 0 Å². The van der Waals surface area contributed by atoms with Crippen LogP contribution in [0.25, 0.3) is 0 Å². The van der Waals surface area contributed by atoms with E-state index in [2.05, 4.69) is 10.6 Å². The fourth-order valence-electron chi connectivity index (χ4n) is 5.71. The molecule has 3 fully saturated rings. The minimum atomic E-state index is -1.67. The summed E-state index contributed by atoms with van der Waals surface area (Å²) in [5, 5.41) is 108. The Balaban J connectivity index is 1.82. The van der Waals surface area contributed by atoms with Crippen molar-refractivity contribution < 1.29 is 65.3 Å². The Bertz CT molecular complexity index is 777. The molecule has 17 nitrogen and oxygen atoms in total. The van der Waals surface area contributed by atoms with Crippen LogP contribution in [0.1, 0.15) is 12.8 Å². The molecule has 3 aliphatic rings. The first-order valence-corrected chi connectivity index (χ1v) is 14.0. The van der Waals surface area contributed by atoms with E-state index in [1.54, 1.807) is 0 Å². The van der Waals surface area contributed by atoms with Crippen LogP contribution < -0.4 is 22.1 Å². The van der Waals surface area contributed by atoms with E-state index in [0.29, 0.717) is 0 Å². The summed E-state index contributed by atoms with van der Waals surface area (Å²) in [6.45, 7) is -1.20. The van der Waals surface area contributed by atoms with Crippen LogP contribution in [-0.2, 0) is 14.2 Å². The van der Waals surface area contributed by atoms with Gasteiger partial charge in [-0.15, -0.1) is 0 Å². The topological polar surface area (TPSA) is 306 Å². The van der Waals surface area contributed by atoms with Crippen LogP contribution in [0, 0.1) is 5.92 Å². The lowest BCUT2D eigenvalue weighted by molar-refractivity contribution is -0.306. The molecule has 0 aromatic carbocycles. The first-order chi connectivity index (χ1) is 19.4. The van der Waals surface area contributed by atoms with Gasteiger partial charge in [-0.25, -0.2) is 0 Å². The molecule has 16 unspecified atom stereocenters. The zero-order chi connectivity index (χ0) is 30.4. The van der Waals surface area contributed by atoms with E-state index in [4.69, 9.17) is 30.8 Å². The molecule has 0 amide bonds. The highest BCUT2D eigenvalue weighted by molar-refractivity contribution is 5.06. The monoisotopic (exact) mass is 600 g/mol. The largest absolute Gasteiger partial charge is 0.394 e. The van der Waals surface area contributed by atoms with Crippen LogP contribution in [0.4, 0.5) is 0 Å². The number of hydrogen-bond donors (Lipinski definition) is 14. The zero-order valence-electron chi connectivity index (χ0n) is 22.7. The molecule has 1 aliphatic carbocycles. The summed E-state index contributed by atoms with van der Waals surface area (Å²) >= 11 is 0. The standard InChI is InChI=1S/C24H48N4O13/c25-3-9(31)5-28-12-1-11(26)17(19(36)22(12)41-24-14(34)2-13(33)16(8-30)40-24)23-21(38)20(37)18(35)15(39-23)6-27-4-10(32)7-29/h9-24,27-38H,1-8,25-26H2.